The second-order valence-corrected chi connectivity index (χ2v) is 5.74. The van der Waals surface area contributed by atoms with Crippen LogP contribution in [0.4, 0.5) is 0 Å². The zero-order valence-corrected chi connectivity index (χ0v) is 7.23. The third-order valence-corrected chi connectivity index (χ3v) is 4.97. The van der Waals surface area contributed by atoms with Crippen molar-refractivity contribution in [1.29, 1.82) is 0 Å². The maximum Gasteiger partial charge on any atom is 0.155 e. The summed E-state index contributed by atoms with van der Waals surface area (Å²) in [6, 6.07) is 0.272. The van der Waals surface area contributed by atoms with Crippen LogP contribution in [-0.2, 0) is 9.84 Å². The molecule has 0 aromatic carbocycles. The lowest BCUT2D eigenvalue weighted by Crippen LogP contribution is -2.49. The van der Waals surface area contributed by atoms with Gasteiger partial charge < -0.3 is 5.32 Å². The van der Waals surface area contributed by atoms with E-state index in [-0.39, 0.29) is 11.3 Å². The van der Waals surface area contributed by atoms with Crippen molar-refractivity contribution in [3.63, 3.8) is 0 Å². The van der Waals surface area contributed by atoms with Crippen LogP contribution in [0.3, 0.4) is 0 Å². The fourth-order valence-electron chi connectivity index (χ4n) is 2.13. The second kappa shape index (κ2) is 2.45. The molecule has 0 amide bonds. The van der Waals surface area contributed by atoms with Crippen molar-refractivity contribution in [1.82, 2.24) is 5.32 Å². The normalized spacial score (nSPS) is 41.8. The first-order valence-corrected chi connectivity index (χ1v) is 5.87. The van der Waals surface area contributed by atoms with Crippen LogP contribution in [0, 0.1) is 0 Å². The Kier molecular flexibility index (Phi) is 1.68. The Balaban J connectivity index is 2.26. The van der Waals surface area contributed by atoms with Crippen molar-refractivity contribution in [3.05, 3.63) is 0 Å². The van der Waals surface area contributed by atoms with Gasteiger partial charge in [0.05, 0.1) is 11.0 Å². The van der Waals surface area contributed by atoms with Gasteiger partial charge in [0.15, 0.2) is 9.84 Å². The highest BCUT2D eigenvalue weighted by atomic mass is 32.2. The van der Waals surface area contributed by atoms with E-state index < -0.39 is 9.84 Å². The van der Waals surface area contributed by atoms with Crippen molar-refractivity contribution < 1.29 is 8.42 Å². The third-order valence-electron chi connectivity index (χ3n) is 2.71. The van der Waals surface area contributed by atoms with Gasteiger partial charge in [-0.05, 0) is 12.8 Å². The molecular weight excluding hydrogens is 162 g/mol. The van der Waals surface area contributed by atoms with E-state index in [1.165, 1.54) is 0 Å². The lowest BCUT2D eigenvalue weighted by molar-refractivity contribution is 0.491. The van der Waals surface area contributed by atoms with Crippen LogP contribution in [0.5, 0.6) is 0 Å². The van der Waals surface area contributed by atoms with E-state index >= 15 is 0 Å². The Morgan fingerprint density at radius 2 is 2.09 bits per heavy atom. The lowest BCUT2D eigenvalue weighted by atomic mass is 10.2. The predicted octanol–water partition coefficient (Wildman–Crippen LogP) is -0.0745. The van der Waals surface area contributed by atoms with Gasteiger partial charge in [0, 0.05) is 12.6 Å². The predicted molar refractivity (Wildman–Crippen MR) is 43.2 cm³/mol. The van der Waals surface area contributed by atoms with Crippen LogP contribution in [0.2, 0.25) is 0 Å². The smallest absolute Gasteiger partial charge is 0.155 e. The monoisotopic (exact) mass is 175 g/mol. The molecule has 2 rings (SSSR count). The average Bonchev–Trinajstić information content (AvgIpc) is 2.34. The van der Waals surface area contributed by atoms with Crippen molar-refractivity contribution in [3.8, 4) is 0 Å². The molecule has 1 aliphatic heterocycles. The quantitative estimate of drug-likeness (QED) is 0.560. The Labute approximate surface area is 67.1 Å². The zero-order chi connectivity index (χ0) is 7.90. The minimum absolute atomic E-state index is 0.0590. The molecule has 0 unspecified atom stereocenters. The van der Waals surface area contributed by atoms with Crippen LogP contribution in [0.15, 0.2) is 0 Å². The highest BCUT2D eigenvalue weighted by molar-refractivity contribution is 7.92. The van der Waals surface area contributed by atoms with Crippen LogP contribution < -0.4 is 5.32 Å². The van der Waals surface area contributed by atoms with Gasteiger partial charge in [-0.25, -0.2) is 8.42 Å². The summed E-state index contributed by atoms with van der Waals surface area (Å²) >= 11 is 0. The van der Waals surface area contributed by atoms with E-state index in [1.54, 1.807) is 0 Å². The maximum atomic E-state index is 11.4. The molecule has 64 valence electrons. The van der Waals surface area contributed by atoms with Crippen LogP contribution in [-0.4, -0.2) is 32.0 Å². The molecule has 11 heavy (non-hydrogen) atoms. The summed E-state index contributed by atoms with van der Waals surface area (Å²) in [5.74, 6) is 0.341. The van der Waals surface area contributed by atoms with Crippen molar-refractivity contribution in [2.45, 2.75) is 30.6 Å². The highest BCUT2D eigenvalue weighted by Crippen LogP contribution is 2.27. The van der Waals surface area contributed by atoms with Crippen LogP contribution >= 0.6 is 0 Å². The summed E-state index contributed by atoms with van der Waals surface area (Å²) in [5, 5.41) is 3.20. The van der Waals surface area contributed by atoms with E-state index in [0.29, 0.717) is 12.3 Å². The van der Waals surface area contributed by atoms with Crippen molar-refractivity contribution in [2.24, 2.45) is 0 Å². The van der Waals surface area contributed by atoms with E-state index in [2.05, 4.69) is 5.32 Å². The van der Waals surface area contributed by atoms with Crippen LogP contribution in [0.25, 0.3) is 0 Å². The molecule has 2 aliphatic rings. The first-order chi connectivity index (χ1) is 5.20. The second-order valence-electron chi connectivity index (χ2n) is 3.40. The van der Waals surface area contributed by atoms with Gasteiger partial charge in [-0.2, -0.15) is 0 Å². The largest absolute Gasteiger partial charge is 0.312 e. The van der Waals surface area contributed by atoms with Crippen molar-refractivity contribution in [2.75, 3.05) is 12.3 Å². The molecule has 1 N–H and O–H groups in total. The molecule has 1 heterocycles. The minimum atomic E-state index is -2.72. The van der Waals surface area contributed by atoms with Gasteiger partial charge >= 0.3 is 0 Å². The Hall–Kier alpha value is -0.0900. The molecule has 4 heteroatoms. The summed E-state index contributed by atoms with van der Waals surface area (Å²) in [7, 11) is -2.72. The van der Waals surface area contributed by atoms with Gasteiger partial charge in [0.1, 0.15) is 0 Å². The summed E-state index contributed by atoms with van der Waals surface area (Å²) < 4.78 is 22.8. The zero-order valence-electron chi connectivity index (χ0n) is 6.41. The van der Waals surface area contributed by atoms with Gasteiger partial charge in [0.25, 0.3) is 0 Å². The Morgan fingerprint density at radius 3 is 2.82 bits per heavy atom. The topological polar surface area (TPSA) is 46.2 Å². The molecule has 0 aromatic rings. The molecule has 1 saturated heterocycles. The molecule has 1 aliphatic carbocycles. The first-order valence-electron chi connectivity index (χ1n) is 4.15. The van der Waals surface area contributed by atoms with Gasteiger partial charge in [-0.1, -0.05) is 6.42 Å². The number of rotatable bonds is 0. The summed E-state index contributed by atoms with van der Waals surface area (Å²) in [6.45, 7) is 0.656. The van der Waals surface area contributed by atoms with Crippen LogP contribution in [0.1, 0.15) is 19.3 Å². The molecular formula is C7H13NO2S. The summed E-state index contributed by atoms with van der Waals surface area (Å²) in [5.41, 5.74) is 0. The maximum absolute atomic E-state index is 11.4. The van der Waals surface area contributed by atoms with Gasteiger partial charge in [-0.3, -0.25) is 0 Å². The Morgan fingerprint density at radius 1 is 1.27 bits per heavy atom. The molecule has 2 fully saturated rings. The van der Waals surface area contributed by atoms with Crippen molar-refractivity contribution >= 4 is 9.84 Å². The molecule has 0 bridgehead atoms. The molecule has 0 spiro atoms. The van der Waals surface area contributed by atoms with E-state index in [4.69, 9.17) is 0 Å². The highest BCUT2D eigenvalue weighted by Gasteiger charge is 2.39. The van der Waals surface area contributed by atoms with Gasteiger partial charge in [0.2, 0.25) is 0 Å². The minimum Gasteiger partial charge on any atom is -0.312 e. The molecule has 3 nitrogen and oxygen atoms in total. The number of nitrogens with one attached hydrogen (secondary N) is 1. The molecule has 0 aromatic heterocycles. The third kappa shape index (κ3) is 1.18. The average molecular weight is 175 g/mol. The number of hydrogen-bond acceptors (Lipinski definition) is 3. The van der Waals surface area contributed by atoms with E-state index in [0.717, 1.165) is 19.3 Å². The number of fused-ring (bicyclic) bond motifs is 1. The molecule has 0 radical (unpaired) electrons. The number of hydrogen-bond donors (Lipinski definition) is 1. The fourth-order valence-corrected chi connectivity index (χ4v) is 4.09. The number of sulfone groups is 1. The summed E-state index contributed by atoms with van der Waals surface area (Å²) in [6.07, 6.45) is 2.99. The first kappa shape index (κ1) is 7.55. The summed E-state index contributed by atoms with van der Waals surface area (Å²) in [4.78, 5) is 0. The lowest BCUT2D eigenvalue weighted by Gasteiger charge is -2.26. The van der Waals surface area contributed by atoms with Gasteiger partial charge in [-0.15, -0.1) is 0 Å². The fraction of sp³-hybridized carbons (Fsp3) is 1.00. The molecule has 2 atom stereocenters. The van der Waals surface area contributed by atoms with E-state index in [1.807, 2.05) is 0 Å². The molecule has 1 saturated carbocycles. The van der Waals surface area contributed by atoms with E-state index in [9.17, 15) is 8.42 Å². The Bertz CT molecular complexity index is 247. The standard InChI is InChI=1S/C7H13NO2S/c9-11(10)5-4-8-6-2-1-3-7(6)11/h6-8H,1-5H2/t6-,7-/m1/s1. The SMILES string of the molecule is O=S1(=O)CCN[C@@H]2CCC[C@H]21.